The number of amides is 1. The number of nitrogens with two attached hydrogens (primary N) is 1. The van der Waals surface area contributed by atoms with Crippen LogP contribution >= 0.6 is 0 Å². The normalized spacial score (nSPS) is 28.2. The average Bonchev–Trinajstić information content (AvgIpc) is 2.93. The Morgan fingerprint density at radius 1 is 1.36 bits per heavy atom. The highest BCUT2D eigenvalue weighted by atomic mass is 16.3. The lowest BCUT2D eigenvalue weighted by Crippen LogP contribution is -2.32. The summed E-state index contributed by atoms with van der Waals surface area (Å²) >= 11 is 0. The third kappa shape index (κ3) is 3.03. The van der Waals surface area contributed by atoms with Gasteiger partial charge in [0.2, 0.25) is 5.91 Å². The van der Waals surface area contributed by atoms with Crippen molar-refractivity contribution in [3.05, 3.63) is 17.0 Å². The molecule has 0 aromatic carbocycles. The second kappa shape index (κ2) is 6.38. The Kier molecular flexibility index (Phi) is 4.49. The minimum Gasteiger partial charge on any atom is -0.391 e. The highest BCUT2D eigenvalue weighted by Gasteiger charge is 2.36. The molecule has 2 aliphatic rings. The summed E-state index contributed by atoms with van der Waals surface area (Å²) in [4.78, 5) is 14.3. The molecule has 2 aliphatic carbocycles. The number of hydrogen-bond acceptors (Lipinski definition) is 4. The van der Waals surface area contributed by atoms with E-state index in [4.69, 9.17) is 5.73 Å². The first-order valence-corrected chi connectivity index (χ1v) is 8.30. The van der Waals surface area contributed by atoms with E-state index in [-0.39, 0.29) is 17.9 Å². The van der Waals surface area contributed by atoms with Gasteiger partial charge in [-0.2, -0.15) is 5.10 Å². The van der Waals surface area contributed by atoms with E-state index >= 15 is 0 Å². The van der Waals surface area contributed by atoms with E-state index in [2.05, 4.69) is 10.2 Å². The van der Waals surface area contributed by atoms with Crippen molar-refractivity contribution in [2.75, 3.05) is 7.05 Å². The molecular weight excluding hydrogens is 280 g/mol. The second-order valence-corrected chi connectivity index (χ2v) is 6.78. The number of carbonyl (C=O) groups excluding carboxylic acids is 1. The van der Waals surface area contributed by atoms with E-state index in [9.17, 15) is 9.90 Å². The van der Waals surface area contributed by atoms with E-state index in [1.807, 2.05) is 7.05 Å². The highest BCUT2D eigenvalue weighted by molar-refractivity contribution is 5.79. The molecular formula is C16H26N4O2. The van der Waals surface area contributed by atoms with Gasteiger partial charge in [-0.1, -0.05) is 6.42 Å². The Balaban J connectivity index is 1.66. The van der Waals surface area contributed by atoms with Crippen molar-refractivity contribution in [2.24, 2.45) is 11.7 Å². The van der Waals surface area contributed by atoms with E-state index in [1.54, 1.807) is 4.90 Å². The van der Waals surface area contributed by atoms with Crippen molar-refractivity contribution in [3.8, 4) is 0 Å². The van der Waals surface area contributed by atoms with Crippen LogP contribution in [0.1, 0.15) is 49.1 Å². The zero-order valence-electron chi connectivity index (χ0n) is 13.2. The third-order valence-electron chi connectivity index (χ3n) is 5.08. The van der Waals surface area contributed by atoms with Gasteiger partial charge in [0.15, 0.2) is 0 Å². The minimum atomic E-state index is -0.552. The number of aryl methyl sites for hydroxylation is 1. The zero-order chi connectivity index (χ0) is 15.7. The van der Waals surface area contributed by atoms with Gasteiger partial charge in [0.1, 0.15) is 0 Å². The molecule has 6 nitrogen and oxygen atoms in total. The van der Waals surface area contributed by atoms with Gasteiger partial charge in [-0.05, 0) is 44.1 Å². The Labute approximate surface area is 131 Å². The van der Waals surface area contributed by atoms with Crippen molar-refractivity contribution in [1.29, 1.82) is 0 Å². The lowest BCUT2D eigenvalue weighted by molar-refractivity contribution is -0.134. The molecule has 1 fully saturated rings. The number of nitrogens with one attached hydrogen (secondary N) is 1. The van der Waals surface area contributed by atoms with Crippen LogP contribution in [0.25, 0.3) is 0 Å². The first kappa shape index (κ1) is 15.5. The summed E-state index contributed by atoms with van der Waals surface area (Å²) < 4.78 is 0. The number of hydrogen-bond donors (Lipinski definition) is 3. The number of aromatic amines is 1. The van der Waals surface area contributed by atoms with Gasteiger partial charge in [-0.25, -0.2) is 0 Å². The van der Waals surface area contributed by atoms with Crippen molar-refractivity contribution in [1.82, 2.24) is 15.1 Å². The molecule has 6 heteroatoms. The predicted molar refractivity (Wildman–Crippen MR) is 83.0 cm³/mol. The van der Waals surface area contributed by atoms with E-state index in [1.165, 1.54) is 30.5 Å². The lowest BCUT2D eigenvalue weighted by Gasteiger charge is -2.20. The molecule has 0 radical (unpaired) electrons. The van der Waals surface area contributed by atoms with Crippen LogP contribution in [0.15, 0.2) is 0 Å². The highest BCUT2D eigenvalue weighted by Crippen LogP contribution is 2.27. The quantitative estimate of drug-likeness (QED) is 0.718. The van der Waals surface area contributed by atoms with Crippen molar-refractivity contribution in [3.63, 3.8) is 0 Å². The lowest BCUT2D eigenvalue weighted by atomic mass is 10.0. The number of H-pyrrole nitrogens is 1. The van der Waals surface area contributed by atoms with Crippen LogP contribution < -0.4 is 5.73 Å². The maximum Gasteiger partial charge on any atom is 0.225 e. The summed E-state index contributed by atoms with van der Waals surface area (Å²) in [5.41, 5.74) is 9.36. The van der Waals surface area contributed by atoms with Crippen LogP contribution in [0.2, 0.25) is 0 Å². The smallest absolute Gasteiger partial charge is 0.225 e. The van der Waals surface area contributed by atoms with Gasteiger partial charge in [0.05, 0.1) is 18.3 Å². The van der Waals surface area contributed by atoms with Gasteiger partial charge in [0.25, 0.3) is 0 Å². The molecule has 1 aromatic heterocycles. The van der Waals surface area contributed by atoms with Crippen LogP contribution in [0, 0.1) is 5.92 Å². The summed E-state index contributed by atoms with van der Waals surface area (Å²) in [6, 6.07) is -0.274. The Morgan fingerprint density at radius 2 is 2.14 bits per heavy atom. The summed E-state index contributed by atoms with van der Waals surface area (Å²) in [6.07, 6.45) is 6.27. The molecule has 1 amide bonds. The number of nitrogens with zero attached hydrogens (tertiary/aromatic N) is 2. The molecule has 1 heterocycles. The molecule has 1 aromatic rings. The molecule has 4 N–H and O–H groups in total. The molecule has 3 rings (SSSR count). The maximum absolute atomic E-state index is 12.5. The number of rotatable bonds is 3. The molecule has 1 saturated carbocycles. The van der Waals surface area contributed by atoms with Crippen LogP contribution in [-0.2, 0) is 24.2 Å². The van der Waals surface area contributed by atoms with Crippen molar-refractivity contribution < 1.29 is 9.90 Å². The molecule has 0 aliphatic heterocycles. The van der Waals surface area contributed by atoms with Gasteiger partial charge in [-0.15, -0.1) is 0 Å². The Bertz CT molecular complexity index is 532. The van der Waals surface area contributed by atoms with E-state index in [0.29, 0.717) is 19.4 Å². The van der Waals surface area contributed by atoms with Gasteiger partial charge in [-0.3, -0.25) is 9.89 Å². The molecule has 3 atom stereocenters. The Morgan fingerprint density at radius 3 is 2.86 bits per heavy atom. The molecule has 0 spiro atoms. The fraction of sp³-hybridized carbons (Fsp3) is 0.750. The summed E-state index contributed by atoms with van der Waals surface area (Å²) in [5, 5.41) is 17.3. The van der Waals surface area contributed by atoms with E-state index in [0.717, 1.165) is 18.5 Å². The third-order valence-corrected chi connectivity index (χ3v) is 5.08. The minimum absolute atomic E-state index is 0.0670. The average molecular weight is 306 g/mol. The predicted octanol–water partition coefficient (Wildman–Crippen LogP) is 0.735. The van der Waals surface area contributed by atoms with Gasteiger partial charge < -0.3 is 15.7 Å². The molecule has 22 heavy (non-hydrogen) atoms. The number of carbonyl (C=O) groups is 1. The first-order chi connectivity index (χ1) is 10.6. The van der Waals surface area contributed by atoms with E-state index < -0.39 is 6.10 Å². The molecule has 122 valence electrons. The SMILES string of the molecule is CN(Cc1n[nH]c2c1CCCCC2)C(=O)[C@H]1C[C@H](N)[C@@H](O)C1. The topological polar surface area (TPSA) is 95.2 Å². The maximum atomic E-state index is 12.5. The monoisotopic (exact) mass is 306 g/mol. The fourth-order valence-electron chi connectivity index (χ4n) is 3.72. The zero-order valence-corrected chi connectivity index (χ0v) is 13.2. The van der Waals surface area contributed by atoms with Gasteiger partial charge >= 0.3 is 0 Å². The number of aliphatic hydroxyl groups excluding tert-OH is 1. The number of aromatic nitrogens is 2. The van der Waals surface area contributed by atoms with Crippen LogP contribution in [0.5, 0.6) is 0 Å². The van der Waals surface area contributed by atoms with Gasteiger partial charge in [0, 0.05) is 24.7 Å². The molecule has 0 bridgehead atoms. The Hall–Kier alpha value is -1.40. The fourth-order valence-corrected chi connectivity index (χ4v) is 3.72. The summed E-state index contributed by atoms with van der Waals surface area (Å²) in [5.74, 6) is -0.0927. The summed E-state index contributed by atoms with van der Waals surface area (Å²) in [7, 11) is 1.82. The number of aliphatic hydroxyl groups is 1. The first-order valence-electron chi connectivity index (χ1n) is 8.30. The van der Waals surface area contributed by atoms with Crippen LogP contribution in [0.3, 0.4) is 0 Å². The number of fused-ring (bicyclic) bond motifs is 1. The molecule has 0 unspecified atom stereocenters. The second-order valence-electron chi connectivity index (χ2n) is 6.78. The summed E-state index contributed by atoms with van der Waals surface area (Å²) in [6.45, 7) is 0.534. The largest absolute Gasteiger partial charge is 0.391 e. The van der Waals surface area contributed by atoms with Crippen LogP contribution in [0.4, 0.5) is 0 Å². The van der Waals surface area contributed by atoms with Crippen molar-refractivity contribution in [2.45, 2.75) is 63.6 Å². The molecule has 0 saturated heterocycles. The van der Waals surface area contributed by atoms with Crippen LogP contribution in [-0.4, -0.2) is 45.3 Å². The standard InChI is InChI=1S/C16H26N4O2/c1-20(16(22)10-7-12(17)15(21)8-10)9-14-11-5-3-2-4-6-13(11)18-19-14/h10,12,15,21H,2-9,17H2,1H3,(H,18,19)/t10-,12-,15-/m0/s1. The van der Waals surface area contributed by atoms with Crippen molar-refractivity contribution >= 4 is 5.91 Å².